The van der Waals surface area contributed by atoms with Crippen molar-refractivity contribution < 1.29 is 4.74 Å². The number of benzene rings is 4. The van der Waals surface area contributed by atoms with Crippen molar-refractivity contribution in [2.75, 3.05) is 7.11 Å². The molecule has 0 atom stereocenters. The molecule has 1 nitrogen and oxygen atoms in total. The molecule has 5 aromatic rings. The van der Waals surface area contributed by atoms with Crippen LogP contribution in [0.1, 0.15) is 0 Å². The van der Waals surface area contributed by atoms with Crippen LogP contribution in [0.3, 0.4) is 0 Å². The monoisotopic (exact) mass is 340 g/mol. The van der Waals surface area contributed by atoms with Crippen LogP contribution in [-0.2, 0) is 0 Å². The first-order valence-electron chi connectivity index (χ1n) is 8.32. The summed E-state index contributed by atoms with van der Waals surface area (Å²) >= 11 is 1.79. The van der Waals surface area contributed by atoms with E-state index in [1.807, 2.05) is 0 Å². The maximum atomic E-state index is 5.79. The molecule has 0 amide bonds. The minimum Gasteiger partial charge on any atom is -0.496 e. The second kappa shape index (κ2) is 5.61. The van der Waals surface area contributed by atoms with Crippen LogP contribution in [0, 0.1) is 0 Å². The second-order valence-corrected chi connectivity index (χ2v) is 7.12. The number of hydrogen-bond donors (Lipinski definition) is 0. The Kier molecular flexibility index (Phi) is 3.25. The molecule has 0 saturated carbocycles. The fourth-order valence-corrected chi connectivity index (χ4v) is 4.57. The number of thiophene rings is 1. The highest BCUT2D eigenvalue weighted by Crippen LogP contribution is 2.45. The summed E-state index contributed by atoms with van der Waals surface area (Å²) in [5, 5.41) is 8.45. The Labute approximate surface area is 150 Å². The average molecular weight is 340 g/mol. The molecule has 120 valence electrons. The third-order valence-electron chi connectivity index (χ3n) is 4.84. The predicted octanol–water partition coefficient (Wildman–Crippen LogP) is 6.88. The van der Waals surface area contributed by atoms with Gasteiger partial charge in [-0.1, -0.05) is 54.6 Å². The van der Waals surface area contributed by atoms with E-state index in [9.17, 15) is 0 Å². The van der Waals surface area contributed by atoms with Crippen molar-refractivity contribution in [1.29, 1.82) is 0 Å². The van der Waals surface area contributed by atoms with Gasteiger partial charge in [-0.15, -0.1) is 11.3 Å². The van der Waals surface area contributed by atoms with Crippen molar-refractivity contribution in [3.63, 3.8) is 0 Å². The van der Waals surface area contributed by atoms with Crippen molar-refractivity contribution in [3.05, 3.63) is 78.2 Å². The summed E-state index contributed by atoms with van der Waals surface area (Å²) < 4.78 is 7.09. The van der Waals surface area contributed by atoms with Gasteiger partial charge in [0.25, 0.3) is 0 Å². The lowest BCUT2D eigenvalue weighted by Crippen LogP contribution is -1.91. The van der Waals surface area contributed by atoms with E-state index in [2.05, 4.69) is 78.2 Å². The van der Waals surface area contributed by atoms with Gasteiger partial charge in [-0.25, -0.2) is 0 Å². The molecule has 0 bridgehead atoms. The quantitative estimate of drug-likeness (QED) is 0.340. The van der Waals surface area contributed by atoms with Gasteiger partial charge in [0.15, 0.2) is 0 Å². The van der Waals surface area contributed by atoms with Crippen LogP contribution in [0.5, 0.6) is 5.75 Å². The normalized spacial score (nSPS) is 11.4. The first kappa shape index (κ1) is 14.5. The second-order valence-electron chi connectivity index (χ2n) is 6.17. The van der Waals surface area contributed by atoms with Gasteiger partial charge in [0, 0.05) is 21.2 Å². The fourth-order valence-electron chi connectivity index (χ4n) is 3.73. The molecule has 0 aliphatic rings. The summed E-state index contributed by atoms with van der Waals surface area (Å²) in [6, 6.07) is 25.9. The van der Waals surface area contributed by atoms with Crippen molar-refractivity contribution in [2.45, 2.75) is 0 Å². The SMILES string of the molecule is COc1ccc2ccccc2c1-c1c2ccccc2cc2sccc12. The zero-order valence-electron chi connectivity index (χ0n) is 13.8. The smallest absolute Gasteiger partial charge is 0.127 e. The molecule has 0 aliphatic carbocycles. The van der Waals surface area contributed by atoms with Gasteiger partial charge in [0.2, 0.25) is 0 Å². The molecule has 1 aromatic heterocycles. The highest BCUT2D eigenvalue weighted by Gasteiger charge is 2.17. The molecule has 2 heteroatoms. The molecule has 1 heterocycles. The summed E-state index contributed by atoms with van der Waals surface area (Å²) in [7, 11) is 1.75. The Balaban J connectivity index is 2.05. The van der Waals surface area contributed by atoms with E-state index in [0.717, 1.165) is 5.75 Å². The van der Waals surface area contributed by atoms with Gasteiger partial charge in [-0.3, -0.25) is 0 Å². The topological polar surface area (TPSA) is 9.23 Å². The molecule has 0 N–H and O–H groups in total. The van der Waals surface area contributed by atoms with Gasteiger partial charge in [0.05, 0.1) is 7.11 Å². The summed E-state index contributed by atoms with van der Waals surface area (Å²) in [5.74, 6) is 0.919. The van der Waals surface area contributed by atoms with E-state index in [1.54, 1.807) is 18.4 Å². The number of rotatable bonds is 2. The van der Waals surface area contributed by atoms with E-state index < -0.39 is 0 Å². The lowest BCUT2D eigenvalue weighted by molar-refractivity contribution is 0.417. The average Bonchev–Trinajstić information content (AvgIpc) is 3.13. The molecule has 4 aromatic carbocycles. The highest BCUT2D eigenvalue weighted by molar-refractivity contribution is 7.17. The minimum absolute atomic E-state index is 0.919. The lowest BCUT2D eigenvalue weighted by Gasteiger charge is -2.16. The number of methoxy groups -OCH3 is 1. The molecule has 0 saturated heterocycles. The van der Waals surface area contributed by atoms with Gasteiger partial charge in [-0.05, 0) is 45.1 Å². The molecule has 0 unspecified atom stereocenters. The minimum atomic E-state index is 0.919. The maximum Gasteiger partial charge on any atom is 0.127 e. The lowest BCUT2D eigenvalue weighted by atomic mass is 9.91. The van der Waals surface area contributed by atoms with Gasteiger partial charge >= 0.3 is 0 Å². The van der Waals surface area contributed by atoms with E-state index in [1.165, 1.54) is 42.8 Å². The van der Waals surface area contributed by atoms with E-state index in [0.29, 0.717) is 0 Å². The van der Waals surface area contributed by atoms with Crippen LogP contribution in [0.15, 0.2) is 78.2 Å². The summed E-state index contributed by atoms with van der Waals surface area (Å²) in [4.78, 5) is 0. The number of hydrogen-bond acceptors (Lipinski definition) is 2. The molecule has 5 rings (SSSR count). The fraction of sp³-hybridized carbons (Fsp3) is 0.0435. The van der Waals surface area contributed by atoms with Crippen LogP contribution < -0.4 is 4.74 Å². The number of fused-ring (bicyclic) bond motifs is 3. The van der Waals surface area contributed by atoms with Gasteiger partial charge < -0.3 is 4.74 Å². The Morgan fingerprint density at radius 2 is 1.40 bits per heavy atom. The summed E-state index contributed by atoms with van der Waals surface area (Å²) in [6.45, 7) is 0. The summed E-state index contributed by atoms with van der Waals surface area (Å²) in [5.41, 5.74) is 2.45. The van der Waals surface area contributed by atoms with Gasteiger partial charge in [-0.2, -0.15) is 0 Å². The zero-order chi connectivity index (χ0) is 16.8. The van der Waals surface area contributed by atoms with E-state index in [-0.39, 0.29) is 0 Å². The Morgan fingerprint density at radius 3 is 2.20 bits per heavy atom. The van der Waals surface area contributed by atoms with Crippen molar-refractivity contribution in [3.8, 4) is 16.9 Å². The predicted molar refractivity (Wildman–Crippen MR) is 109 cm³/mol. The van der Waals surface area contributed by atoms with Crippen molar-refractivity contribution in [2.24, 2.45) is 0 Å². The molecular formula is C23H16OS. The molecule has 0 radical (unpaired) electrons. The van der Waals surface area contributed by atoms with Crippen molar-refractivity contribution in [1.82, 2.24) is 0 Å². The van der Waals surface area contributed by atoms with Crippen LogP contribution in [0.4, 0.5) is 0 Å². The van der Waals surface area contributed by atoms with Crippen molar-refractivity contribution >= 4 is 43.0 Å². The van der Waals surface area contributed by atoms with Crippen LogP contribution in [-0.4, -0.2) is 7.11 Å². The van der Waals surface area contributed by atoms with Crippen LogP contribution in [0.2, 0.25) is 0 Å². The third kappa shape index (κ3) is 2.15. The van der Waals surface area contributed by atoms with Crippen LogP contribution in [0.25, 0.3) is 42.8 Å². The third-order valence-corrected chi connectivity index (χ3v) is 5.71. The molecule has 0 aliphatic heterocycles. The molecule has 0 fully saturated rings. The molecular weight excluding hydrogens is 324 g/mol. The van der Waals surface area contributed by atoms with Crippen LogP contribution >= 0.6 is 11.3 Å². The Morgan fingerprint density at radius 1 is 0.680 bits per heavy atom. The molecule has 0 spiro atoms. The van der Waals surface area contributed by atoms with Gasteiger partial charge in [0.1, 0.15) is 5.75 Å². The zero-order valence-corrected chi connectivity index (χ0v) is 14.6. The highest BCUT2D eigenvalue weighted by atomic mass is 32.1. The first-order valence-corrected chi connectivity index (χ1v) is 9.20. The Hall–Kier alpha value is -2.84. The maximum absolute atomic E-state index is 5.79. The van der Waals surface area contributed by atoms with E-state index in [4.69, 9.17) is 4.74 Å². The standard InChI is InChI=1S/C23H16OS/c1-24-20-11-10-15-6-2-4-8-17(15)23(20)22-18-9-5-3-7-16(18)14-21-19(22)12-13-25-21/h2-14H,1H3. The first-order chi connectivity index (χ1) is 12.4. The van der Waals surface area contributed by atoms with E-state index >= 15 is 0 Å². The number of ether oxygens (including phenoxy) is 1. The summed E-state index contributed by atoms with van der Waals surface area (Å²) in [6.07, 6.45) is 0. The Bertz CT molecular complexity index is 1230. The largest absolute Gasteiger partial charge is 0.496 e. The molecule has 25 heavy (non-hydrogen) atoms.